The smallest absolute Gasteiger partial charge is 0.150 e. The van der Waals surface area contributed by atoms with Crippen LogP contribution in [-0.4, -0.2) is 5.78 Å². The van der Waals surface area contributed by atoms with Gasteiger partial charge in [-0.1, -0.05) is 6.92 Å². The number of carbonyl (C=O) groups is 1. The molecule has 0 radical (unpaired) electrons. The van der Waals surface area contributed by atoms with E-state index in [1.54, 1.807) is 0 Å². The summed E-state index contributed by atoms with van der Waals surface area (Å²) < 4.78 is 0. The van der Waals surface area contributed by atoms with Gasteiger partial charge in [0.1, 0.15) is 5.78 Å². The van der Waals surface area contributed by atoms with Gasteiger partial charge in [-0.2, -0.15) is 5.26 Å². The number of nitrogens with zero attached hydrogens (tertiary/aromatic N) is 1. The van der Waals surface area contributed by atoms with Gasteiger partial charge in [0.2, 0.25) is 0 Å². The molecule has 0 amide bonds. The number of ketones is 1. The first-order valence-electron chi connectivity index (χ1n) is 3.15. The van der Waals surface area contributed by atoms with Gasteiger partial charge >= 0.3 is 0 Å². The SMILES string of the molecule is C[C@H]1C[C@H]1C(=O)CC#N. The first-order chi connectivity index (χ1) is 4.25. The Bertz CT molecular complexity index is 168. The predicted molar refractivity (Wildman–Crippen MR) is 32.5 cm³/mol. The van der Waals surface area contributed by atoms with Crippen LogP contribution in [0.5, 0.6) is 0 Å². The standard InChI is InChI=1S/C7H9NO/c1-5-4-6(5)7(9)2-3-8/h5-6H,2,4H2,1H3/t5-,6+/m0/s1. The van der Waals surface area contributed by atoms with Crippen LogP contribution in [0.25, 0.3) is 0 Å². The van der Waals surface area contributed by atoms with Crippen molar-refractivity contribution in [1.82, 2.24) is 0 Å². The van der Waals surface area contributed by atoms with Gasteiger partial charge in [-0.25, -0.2) is 0 Å². The molecule has 0 N–H and O–H groups in total. The van der Waals surface area contributed by atoms with Crippen LogP contribution in [-0.2, 0) is 4.79 Å². The highest BCUT2D eigenvalue weighted by Gasteiger charge is 2.38. The van der Waals surface area contributed by atoms with Gasteiger partial charge in [0.25, 0.3) is 0 Å². The topological polar surface area (TPSA) is 40.9 Å². The van der Waals surface area contributed by atoms with Crippen LogP contribution in [0.3, 0.4) is 0 Å². The highest BCUT2D eigenvalue weighted by Crippen LogP contribution is 2.38. The minimum Gasteiger partial charge on any atom is -0.298 e. The fourth-order valence-corrected chi connectivity index (χ4v) is 0.980. The summed E-state index contributed by atoms with van der Waals surface area (Å²) in [7, 11) is 0. The largest absolute Gasteiger partial charge is 0.298 e. The molecule has 9 heavy (non-hydrogen) atoms. The maximum atomic E-state index is 10.8. The van der Waals surface area contributed by atoms with Gasteiger partial charge in [-0.15, -0.1) is 0 Å². The lowest BCUT2D eigenvalue weighted by Crippen LogP contribution is -1.98. The summed E-state index contributed by atoms with van der Waals surface area (Å²) in [6, 6.07) is 1.86. The summed E-state index contributed by atoms with van der Waals surface area (Å²) in [4.78, 5) is 10.8. The molecule has 0 spiro atoms. The number of hydrogen-bond acceptors (Lipinski definition) is 2. The van der Waals surface area contributed by atoms with Gasteiger partial charge < -0.3 is 0 Å². The van der Waals surface area contributed by atoms with Crippen LogP contribution in [0.2, 0.25) is 0 Å². The highest BCUT2D eigenvalue weighted by molar-refractivity contribution is 5.85. The summed E-state index contributed by atoms with van der Waals surface area (Å²) in [5, 5.41) is 8.13. The molecular weight excluding hydrogens is 114 g/mol. The molecule has 2 nitrogen and oxygen atoms in total. The second-order valence-electron chi connectivity index (χ2n) is 2.62. The van der Waals surface area contributed by atoms with E-state index in [1.165, 1.54) is 0 Å². The lowest BCUT2D eigenvalue weighted by Gasteiger charge is -1.86. The highest BCUT2D eigenvalue weighted by atomic mass is 16.1. The van der Waals surface area contributed by atoms with Crippen LogP contribution in [0, 0.1) is 23.2 Å². The Kier molecular flexibility index (Phi) is 1.52. The van der Waals surface area contributed by atoms with E-state index in [4.69, 9.17) is 5.26 Å². The third-order valence-electron chi connectivity index (χ3n) is 1.78. The molecule has 1 saturated carbocycles. The molecule has 0 unspecified atom stereocenters. The summed E-state index contributed by atoms with van der Waals surface area (Å²) >= 11 is 0. The van der Waals surface area contributed by atoms with Crippen LogP contribution in [0.4, 0.5) is 0 Å². The molecule has 1 aliphatic rings. The lowest BCUT2D eigenvalue weighted by atomic mass is 10.2. The van der Waals surface area contributed by atoms with E-state index >= 15 is 0 Å². The molecule has 48 valence electrons. The van der Waals surface area contributed by atoms with Crippen molar-refractivity contribution in [2.75, 3.05) is 0 Å². The van der Waals surface area contributed by atoms with E-state index in [1.807, 2.05) is 13.0 Å². The van der Waals surface area contributed by atoms with E-state index < -0.39 is 0 Å². The zero-order chi connectivity index (χ0) is 6.85. The Morgan fingerprint density at radius 3 is 2.78 bits per heavy atom. The third-order valence-corrected chi connectivity index (χ3v) is 1.78. The number of hydrogen-bond donors (Lipinski definition) is 0. The lowest BCUT2D eigenvalue weighted by molar-refractivity contribution is -0.119. The summed E-state index contributed by atoms with van der Waals surface area (Å²) in [5.41, 5.74) is 0. The molecule has 0 saturated heterocycles. The summed E-state index contributed by atoms with van der Waals surface area (Å²) in [5.74, 6) is 0.903. The minimum absolute atomic E-state index is 0.106. The van der Waals surface area contributed by atoms with Crippen molar-refractivity contribution in [2.24, 2.45) is 11.8 Å². The third kappa shape index (κ3) is 1.29. The average molecular weight is 123 g/mol. The molecule has 1 rings (SSSR count). The number of nitriles is 1. The summed E-state index contributed by atoms with van der Waals surface area (Å²) in [6.45, 7) is 2.04. The van der Waals surface area contributed by atoms with Crippen LogP contribution >= 0.6 is 0 Å². The maximum Gasteiger partial charge on any atom is 0.150 e. The molecule has 0 bridgehead atoms. The fraction of sp³-hybridized carbons (Fsp3) is 0.714. The average Bonchev–Trinajstić information content (AvgIpc) is 2.47. The van der Waals surface area contributed by atoms with E-state index in [9.17, 15) is 4.79 Å². The van der Waals surface area contributed by atoms with Crippen molar-refractivity contribution in [3.05, 3.63) is 0 Å². The molecule has 2 atom stereocenters. The predicted octanol–water partition coefficient (Wildman–Crippen LogP) is 1.13. The molecule has 0 aliphatic heterocycles. The van der Waals surface area contributed by atoms with E-state index in [2.05, 4.69) is 0 Å². The minimum atomic E-state index is 0.106. The zero-order valence-electron chi connectivity index (χ0n) is 5.42. The van der Waals surface area contributed by atoms with Crippen molar-refractivity contribution < 1.29 is 4.79 Å². The second kappa shape index (κ2) is 2.18. The van der Waals surface area contributed by atoms with Gasteiger partial charge in [0.15, 0.2) is 0 Å². The van der Waals surface area contributed by atoms with Crippen LogP contribution in [0.15, 0.2) is 0 Å². The van der Waals surface area contributed by atoms with E-state index in [0.29, 0.717) is 5.92 Å². The maximum absolute atomic E-state index is 10.8. The van der Waals surface area contributed by atoms with Crippen molar-refractivity contribution in [1.29, 1.82) is 5.26 Å². The molecule has 0 aromatic rings. The van der Waals surface area contributed by atoms with Gasteiger partial charge in [0.05, 0.1) is 12.5 Å². The molecule has 1 fully saturated rings. The first-order valence-corrected chi connectivity index (χ1v) is 3.15. The molecule has 1 aliphatic carbocycles. The Morgan fingerprint density at radius 2 is 2.44 bits per heavy atom. The molecule has 2 heteroatoms. The second-order valence-corrected chi connectivity index (χ2v) is 2.62. The first kappa shape index (κ1) is 6.28. The number of Topliss-reactive ketones (excluding diaryl/α,β-unsaturated/α-hetero) is 1. The molecule has 0 aromatic carbocycles. The van der Waals surface area contributed by atoms with Gasteiger partial charge in [-0.05, 0) is 12.3 Å². The molecular formula is C7H9NO. The van der Waals surface area contributed by atoms with Gasteiger partial charge in [-0.3, -0.25) is 4.79 Å². The molecule has 0 aromatic heterocycles. The Balaban J connectivity index is 2.30. The van der Waals surface area contributed by atoms with Gasteiger partial charge in [0, 0.05) is 5.92 Å². The van der Waals surface area contributed by atoms with Crippen molar-refractivity contribution in [2.45, 2.75) is 19.8 Å². The van der Waals surface area contributed by atoms with Crippen molar-refractivity contribution in [3.8, 4) is 6.07 Å². The van der Waals surface area contributed by atoms with E-state index in [0.717, 1.165) is 6.42 Å². The van der Waals surface area contributed by atoms with Crippen molar-refractivity contribution in [3.63, 3.8) is 0 Å². The molecule has 0 heterocycles. The van der Waals surface area contributed by atoms with Crippen LogP contribution < -0.4 is 0 Å². The quantitative estimate of drug-likeness (QED) is 0.552. The monoisotopic (exact) mass is 123 g/mol. The van der Waals surface area contributed by atoms with Crippen molar-refractivity contribution >= 4 is 5.78 Å². The Hall–Kier alpha value is -0.840. The zero-order valence-corrected chi connectivity index (χ0v) is 5.42. The van der Waals surface area contributed by atoms with E-state index in [-0.39, 0.29) is 18.1 Å². The van der Waals surface area contributed by atoms with Crippen LogP contribution in [0.1, 0.15) is 19.8 Å². The number of rotatable bonds is 2. The Labute approximate surface area is 54.5 Å². The number of carbonyl (C=O) groups excluding carboxylic acids is 1. The normalized spacial score (nSPS) is 31.1. The fourth-order valence-electron chi connectivity index (χ4n) is 0.980. The summed E-state index contributed by atoms with van der Waals surface area (Å²) in [6.07, 6.45) is 1.11. The Morgan fingerprint density at radius 1 is 1.89 bits per heavy atom.